The lowest BCUT2D eigenvalue weighted by Crippen LogP contribution is -2.15. The highest BCUT2D eigenvalue weighted by Crippen LogP contribution is 2.27. The van der Waals surface area contributed by atoms with Gasteiger partial charge in [0.2, 0.25) is 5.91 Å². The summed E-state index contributed by atoms with van der Waals surface area (Å²) in [7, 11) is -4.06. The Morgan fingerprint density at radius 2 is 1.86 bits per heavy atom. The van der Waals surface area contributed by atoms with Gasteiger partial charge in [0, 0.05) is 29.7 Å². The van der Waals surface area contributed by atoms with Gasteiger partial charge in [-0.2, -0.15) is 8.42 Å². The van der Waals surface area contributed by atoms with E-state index in [1.807, 2.05) is 6.07 Å². The van der Waals surface area contributed by atoms with Crippen LogP contribution >= 0.6 is 11.6 Å². The van der Waals surface area contributed by atoms with Gasteiger partial charge < -0.3 is 19.2 Å². The van der Waals surface area contributed by atoms with Gasteiger partial charge in [-0.15, -0.1) is 0 Å². The Labute approximate surface area is 173 Å². The number of benzene rings is 2. The van der Waals surface area contributed by atoms with Crippen LogP contribution in [0.5, 0.6) is 5.75 Å². The van der Waals surface area contributed by atoms with Crippen molar-refractivity contribution >= 4 is 33.3 Å². The minimum Gasteiger partial charge on any atom is -0.468 e. The van der Waals surface area contributed by atoms with Crippen molar-refractivity contribution in [1.82, 2.24) is 5.32 Å². The monoisotopic (exact) mass is 434 g/mol. The van der Waals surface area contributed by atoms with Crippen LogP contribution in [0.15, 0.2) is 70.2 Å². The van der Waals surface area contributed by atoms with Crippen molar-refractivity contribution in [2.24, 2.45) is 0 Å². The van der Waals surface area contributed by atoms with Gasteiger partial charge in [0.25, 0.3) is 0 Å². The third kappa shape index (κ3) is 5.83. The number of furan rings is 1. The fourth-order valence-corrected chi connectivity index (χ4v) is 3.73. The number of anilines is 1. The van der Waals surface area contributed by atoms with Crippen molar-refractivity contribution in [2.45, 2.75) is 24.9 Å². The number of carbonyl (C=O) groups excluding carboxylic acids is 1. The van der Waals surface area contributed by atoms with Crippen molar-refractivity contribution in [2.75, 3.05) is 5.32 Å². The first-order valence-corrected chi connectivity index (χ1v) is 10.5. The maximum Gasteiger partial charge on any atom is 0.339 e. The molecule has 29 heavy (non-hydrogen) atoms. The average Bonchev–Trinajstić information content (AvgIpc) is 3.17. The molecule has 0 atom stereocenters. The topological polar surface area (TPSA) is 97.6 Å². The van der Waals surface area contributed by atoms with Crippen molar-refractivity contribution in [3.05, 3.63) is 77.2 Å². The number of amides is 1. The normalized spacial score (nSPS) is 11.2. The summed E-state index contributed by atoms with van der Waals surface area (Å²) >= 11 is 6.06. The van der Waals surface area contributed by atoms with Crippen LogP contribution in [-0.4, -0.2) is 14.3 Å². The molecule has 1 amide bonds. The van der Waals surface area contributed by atoms with Crippen molar-refractivity contribution in [3.8, 4) is 5.75 Å². The van der Waals surface area contributed by atoms with E-state index in [-0.39, 0.29) is 16.6 Å². The fraction of sp³-hybridized carbons (Fsp3) is 0.150. The molecule has 0 saturated carbocycles. The Hall–Kier alpha value is -2.81. The van der Waals surface area contributed by atoms with Crippen LogP contribution in [0.1, 0.15) is 18.2 Å². The second kappa shape index (κ2) is 9.13. The Bertz CT molecular complexity index is 1080. The highest BCUT2D eigenvalue weighted by Gasteiger charge is 2.19. The smallest absolute Gasteiger partial charge is 0.339 e. The van der Waals surface area contributed by atoms with Gasteiger partial charge in [0.15, 0.2) is 0 Å². The minimum atomic E-state index is -4.06. The average molecular weight is 435 g/mol. The van der Waals surface area contributed by atoms with E-state index in [2.05, 4.69) is 10.6 Å². The van der Waals surface area contributed by atoms with Crippen LogP contribution in [0.4, 0.5) is 5.69 Å². The molecule has 0 saturated heterocycles. The predicted molar refractivity (Wildman–Crippen MR) is 109 cm³/mol. The van der Waals surface area contributed by atoms with Gasteiger partial charge in [-0.05, 0) is 54.6 Å². The van der Waals surface area contributed by atoms with E-state index in [4.69, 9.17) is 20.2 Å². The molecule has 152 valence electrons. The van der Waals surface area contributed by atoms with E-state index in [9.17, 15) is 13.2 Å². The Morgan fingerprint density at radius 1 is 1.10 bits per heavy atom. The van der Waals surface area contributed by atoms with Crippen LogP contribution in [0.2, 0.25) is 5.02 Å². The Morgan fingerprint density at radius 3 is 2.52 bits per heavy atom. The van der Waals surface area contributed by atoms with Gasteiger partial charge in [-0.25, -0.2) is 0 Å². The number of halogens is 1. The third-order valence-electron chi connectivity index (χ3n) is 3.88. The molecule has 7 nitrogen and oxygen atoms in total. The summed E-state index contributed by atoms with van der Waals surface area (Å²) in [5.41, 5.74) is 1.08. The van der Waals surface area contributed by atoms with E-state index in [0.717, 1.165) is 5.76 Å². The molecule has 0 unspecified atom stereocenters. The molecule has 1 aromatic heterocycles. The van der Waals surface area contributed by atoms with Gasteiger partial charge >= 0.3 is 10.1 Å². The number of rotatable bonds is 8. The second-order valence-electron chi connectivity index (χ2n) is 6.18. The van der Waals surface area contributed by atoms with Crippen LogP contribution in [-0.2, 0) is 28.0 Å². The zero-order valence-corrected chi connectivity index (χ0v) is 17.1. The van der Waals surface area contributed by atoms with Crippen LogP contribution in [0, 0.1) is 0 Å². The summed E-state index contributed by atoms with van der Waals surface area (Å²) < 4.78 is 35.9. The molecular formula is C20H19ClN2O5S. The maximum atomic E-state index is 12.7. The first-order valence-electron chi connectivity index (χ1n) is 8.67. The summed E-state index contributed by atoms with van der Waals surface area (Å²) in [6, 6.07) is 14.0. The van der Waals surface area contributed by atoms with Crippen LogP contribution < -0.4 is 14.8 Å². The molecule has 2 N–H and O–H groups in total. The number of hydrogen-bond donors (Lipinski definition) is 2. The molecule has 0 fully saturated rings. The molecule has 0 aliphatic carbocycles. The molecule has 0 aliphatic rings. The molecule has 0 aliphatic heterocycles. The fourth-order valence-electron chi connectivity index (χ4n) is 2.58. The van der Waals surface area contributed by atoms with E-state index in [1.54, 1.807) is 24.5 Å². The predicted octanol–water partition coefficient (Wildman–Crippen LogP) is 3.95. The highest BCUT2D eigenvalue weighted by molar-refractivity contribution is 7.87. The summed E-state index contributed by atoms with van der Waals surface area (Å²) in [4.78, 5) is 11.1. The van der Waals surface area contributed by atoms with Gasteiger partial charge in [0.05, 0.1) is 12.8 Å². The van der Waals surface area contributed by atoms with Crippen LogP contribution in [0.25, 0.3) is 0 Å². The van der Waals surface area contributed by atoms with Crippen molar-refractivity contribution in [1.29, 1.82) is 0 Å². The first-order chi connectivity index (χ1) is 13.8. The van der Waals surface area contributed by atoms with E-state index < -0.39 is 10.1 Å². The molecule has 3 aromatic rings. The summed E-state index contributed by atoms with van der Waals surface area (Å²) in [6.07, 6.45) is 1.58. The molecule has 0 radical (unpaired) electrons. The number of hydrogen-bond acceptors (Lipinski definition) is 6. The maximum absolute atomic E-state index is 12.7. The SMILES string of the molecule is CC(=O)Nc1ccc(S(=O)(=O)Oc2ccc(Cl)cc2CNCc2ccco2)cc1. The van der Waals surface area contributed by atoms with Gasteiger partial charge in [0.1, 0.15) is 16.4 Å². The van der Waals surface area contributed by atoms with Gasteiger partial charge in [-0.1, -0.05) is 11.6 Å². The molecule has 0 spiro atoms. The van der Waals surface area contributed by atoms with E-state index in [0.29, 0.717) is 29.4 Å². The largest absolute Gasteiger partial charge is 0.468 e. The highest BCUT2D eigenvalue weighted by atomic mass is 35.5. The zero-order chi connectivity index (χ0) is 20.9. The Kier molecular flexibility index (Phi) is 6.58. The zero-order valence-electron chi connectivity index (χ0n) is 15.5. The van der Waals surface area contributed by atoms with Gasteiger partial charge in [-0.3, -0.25) is 4.79 Å². The van der Waals surface area contributed by atoms with E-state index in [1.165, 1.54) is 37.3 Å². The van der Waals surface area contributed by atoms with Crippen LogP contribution in [0.3, 0.4) is 0 Å². The standard InChI is InChI=1S/C20H19ClN2O5S/c1-14(24)23-17-5-7-19(8-6-17)29(25,26)28-20-9-4-16(21)11-15(20)12-22-13-18-3-2-10-27-18/h2-11,22H,12-13H2,1H3,(H,23,24). The Balaban J connectivity index is 1.74. The molecular weight excluding hydrogens is 416 g/mol. The molecule has 1 heterocycles. The van der Waals surface area contributed by atoms with Crippen molar-refractivity contribution < 1.29 is 21.8 Å². The quantitative estimate of drug-likeness (QED) is 0.521. The number of carbonyl (C=O) groups is 1. The lowest BCUT2D eigenvalue weighted by Gasteiger charge is -2.13. The molecule has 2 aromatic carbocycles. The second-order valence-corrected chi connectivity index (χ2v) is 8.16. The minimum absolute atomic E-state index is 0.0314. The lowest BCUT2D eigenvalue weighted by molar-refractivity contribution is -0.114. The molecule has 3 rings (SSSR count). The molecule has 0 bridgehead atoms. The third-order valence-corrected chi connectivity index (χ3v) is 5.36. The molecule has 9 heteroatoms. The van der Waals surface area contributed by atoms with Crippen molar-refractivity contribution in [3.63, 3.8) is 0 Å². The lowest BCUT2D eigenvalue weighted by atomic mass is 10.2. The summed E-state index contributed by atoms with van der Waals surface area (Å²) in [5, 5.41) is 6.20. The summed E-state index contributed by atoms with van der Waals surface area (Å²) in [6.45, 7) is 2.17. The first kappa shape index (κ1) is 20.9. The van der Waals surface area contributed by atoms with E-state index >= 15 is 0 Å². The number of nitrogens with one attached hydrogen (secondary N) is 2. The summed E-state index contributed by atoms with van der Waals surface area (Å²) in [5.74, 6) is 0.679.